The van der Waals surface area contributed by atoms with E-state index in [0.717, 1.165) is 12.2 Å². The van der Waals surface area contributed by atoms with Gasteiger partial charge in [0.1, 0.15) is 0 Å². The Kier molecular flexibility index (Phi) is 6.01. The average molecular weight is 205 g/mol. The van der Waals surface area contributed by atoms with Gasteiger partial charge < -0.3 is 10.8 Å². The number of aliphatic hydroxyl groups is 1. The number of rotatable bonds is 5. The smallest absolute Gasteiger partial charge is 0.0521 e. The molecule has 0 bridgehead atoms. The van der Waals surface area contributed by atoms with E-state index in [1.807, 2.05) is 0 Å². The summed E-state index contributed by atoms with van der Waals surface area (Å²) in [6, 6.07) is 0.233. The van der Waals surface area contributed by atoms with Gasteiger partial charge in [0.2, 0.25) is 0 Å². The Balaban J connectivity index is 4.19. The summed E-state index contributed by atoms with van der Waals surface area (Å²) in [6.45, 7) is 8.98. The lowest BCUT2D eigenvalue weighted by molar-refractivity contribution is 0.319. The minimum atomic E-state index is 0.218. The minimum absolute atomic E-state index is 0.218. The van der Waals surface area contributed by atoms with Crippen LogP contribution in [0.1, 0.15) is 34.1 Å². The molecule has 0 aliphatic carbocycles. The average Bonchev–Trinajstić information content (AvgIpc) is 2.02. The van der Waals surface area contributed by atoms with E-state index >= 15 is 0 Å². The molecule has 2 nitrogen and oxygen atoms in total. The molecule has 3 heteroatoms. The van der Waals surface area contributed by atoms with Gasteiger partial charge >= 0.3 is 0 Å². The van der Waals surface area contributed by atoms with Crippen LogP contribution in [0.4, 0.5) is 0 Å². The zero-order chi connectivity index (χ0) is 10.5. The Labute approximate surface area is 86.3 Å². The van der Waals surface area contributed by atoms with Crippen LogP contribution in [0.2, 0.25) is 0 Å². The van der Waals surface area contributed by atoms with Gasteiger partial charge in [0.25, 0.3) is 0 Å². The second-order valence-electron chi connectivity index (χ2n) is 4.45. The number of hydrogen-bond acceptors (Lipinski definition) is 3. The van der Waals surface area contributed by atoms with Crippen molar-refractivity contribution in [1.29, 1.82) is 0 Å². The van der Waals surface area contributed by atoms with E-state index in [1.165, 1.54) is 0 Å². The molecule has 0 aromatic heterocycles. The zero-order valence-electron chi connectivity index (χ0n) is 9.21. The van der Waals surface area contributed by atoms with E-state index in [4.69, 9.17) is 10.8 Å². The highest BCUT2D eigenvalue weighted by molar-refractivity contribution is 8.00. The van der Waals surface area contributed by atoms with Crippen molar-refractivity contribution >= 4 is 11.8 Å². The van der Waals surface area contributed by atoms with E-state index in [9.17, 15) is 0 Å². The van der Waals surface area contributed by atoms with Crippen LogP contribution in [-0.4, -0.2) is 28.8 Å². The van der Waals surface area contributed by atoms with Gasteiger partial charge in [0, 0.05) is 17.0 Å². The molecular weight excluding hydrogens is 182 g/mol. The van der Waals surface area contributed by atoms with Crippen molar-refractivity contribution in [2.45, 2.75) is 45.4 Å². The third-order valence-electron chi connectivity index (χ3n) is 2.10. The van der Waals surface area contributed by atoms with Gasteiger partial charge in [-0.25, -0.2) is 0 Å². The minimum Gasteiger partial charge on any atom is -0.396 e. The van der Waals surface area contributed by atoms with Crippen molar-refractivity contribution in [3.63, 3.8) is 0 Å². The summed E-state index contributed by atoms with van der Waals surface area (Å²) in [7, 11) is 0. The molecule has 13 heavy (non-hydrogen) atoms. The topological polar surface area (TPSA) is 46.2 Å². The van der Waals surface area contributed by atoms with Crippen LogP contribution in [-0.2, 0) is 0 Å². The van der Waals surface area contributed by atoms with Crippen molar-refractivity contribution in [3.8, 4) is 0 Å². The molecule has 0 radical (unpaired) electrons. The molecule has 0 aromatic rings. The fourth-order valence-corrected chi connectivity index (χ4v) is 2.71. The van der Waals surface area contributed by atoms with Crippen molar-refractivity contribution in [2.24, 2.45) is 11.1 Å². The molecule has 2 atom stereocenters. The third kappa shape index (κ3) is 4.89. The van der Waals surface area contributed by atoms with Crippen LogP contribution < -0.4 is 5.73 Å². The first-order valence-corrected chi connectivity index (χ1v) is 5.96. The van der Waals surface area contributed by atoms with Crippen LogP contribution in [0, 0.1) is 5.41 Å². The van der Waals surface area contributed by atoms with Crippen molar-refractivity contribution < 1.29 is 5.11 Å². The predicted molar refractivity (Wildman–Crippen MR) is 61.1 cm³/mol. The summed E-state index contributed by atoms with van der Waals surface area (Å²) in [5, 5.41) is 9.21. The molecular formula is C10H23NOS. The van der Waals surface area contributed by atoms with Gasteiger partial charge in [-0.1, -0.05) is 27.7 Å². The van der Waals surface area contributed by atoms with Crippen molar-refractivity contribution in [3.05, 3.63) is 0 Å². The van der Waals surface area contributed by atoms with Gasteiger partial charge in [0.15, 0.2) is 0 Å². The zero-order valence-corrected chi connectivity index (χ0v) is 10.0. The molecule has 3 N–H and O–H groups in total. The summed E-state index contributed by atoms with van der Waals surface area (Å²) < 4.78 is 0. The normalized spacial score (nSPS) is 17.1. The maximum absolute atomic E-state index is 8.77. The summed E-state index contributed by atoms with van der Waals surface area (Å²) >= 11 is 1.79. The molecule has 0 heterocycles. The van der Waals surface area contributed by atoms with Gasteiger partial charge in [-0.05, 0) is 11.8 Å². The van der Waals surface area contributed by atoms with E-state index in [0.29, 0.717) is 5.25 Å². The first-order chi connectivity index (χ1) is 5.93. The largest absolute Gasteiger partial charge is 0.396 e. The molecule has 0 amide bonds. The van der Waals surface area contributed by atoms with Gasteiger partial charge in [-0.3, -0.25) is 0 Å². The molecule has 0 aromatic carbocycles. The van der Waals surface area contributed by atoms with E-state index in [1.54, 1.807) is 11.8 Å². The highest BCUT2D eigenvalue weighted by Crippen LogP contribution is 2.32. The summed E-state index contributed by atoms with van der Waals surface area (Å²) in [5.41, 5.74) is 6.26. The summed E-state index contributed by atoms with van der Waals surface area (Å²) in [5.74, 6) is 0.787. The van der Waals surface area contributed by atoms with Crippen LogP contribution in [0.3, 0.4) is 0 Å². The number of hydrogen-bond donors (Lipinski definition) is 2. The SMILES string of the molecule is CCC(N)C(SCCO)C(C)(C)C. The molecule has 0 rings (SSSR count). The molecule has 0 spiro atoms. The number of thioether (sulfide) groups is 1. The predicted octanol–water partition coefficient (Wildman–Crippen LogP) is 1.86. The Bertz CT molecular complexity index is 133. The van der Waals surface area contributed by atoms with Crippen LogP contribution >= 0.6 is 11.8 Å². The Morgan fingerprint density at radius 1 is 1.38 bits per heavy atom. The fraction of sp³-hybridized carbons (Fsp3) is 1.00. The fourth-order valence-electron chi connectivity index (χ4n) is 1.41. The van der Waals surface area contributed by atoms with Crippen molar-refractivity contribution in [2.75, 3.05) is 12.4 Å². The first-order valence-electron chi connectivity index (χ1n) is 4.91. The van der Waals surface area contributed by atoms with E-state index in [-0.39, 0.29) is 18.1 Å². The third-order valence-corrected chi connectivity index (χ3v) is 3.94. The maximum atomic E-state index is 8.77. The quantitative estimate of drug-likeness (QED) is 0.720. The molecule has 80 valence electrons. The number of nitrogens with two attached hydrogens (primary N) is 1. The standard InChI is InChI=1S/C10H23NOS/c1-5-8(11)9(10(2,3)4)13-7-6-12/h8-9,12H,5-7,11H2,1-4H3. The molecule has 2 unspecified atom stereocenters. The lowest BCUT2D eigenvalue weighted by atomic mass is 9.87. The van der Waals surface area contributed by atoms with Gasteiger partial charge in [0.05, 0.1) is 6.61 Å². The molecule has 0 aliphatic rings. The second kappa shape index (κ2) is 5.89. The van der Waals surface area contributed by atoms with Crippen LogP contribution in [0.5, 0.6) is 0 Å². The molecule has 0 fully saturated rings. The second-order valence-corrected chi connectivity index (χ2v) is 5.70. The maximum Gasteiger partial charge on any atom is 0.0521 e. The Hall–Kier alpha value is 0.270. The summed E-state index contributed by atoms with van der Waals surface area (Å²) in [4.78, 5) is 0. The lowest BCUT2D eigenvalue weighted by Gasteiger charge is -2.34. The Morgan fingerprint density at radius 3 is 2.23 bits per heavy atom. The van der Waals surface area contributed by atoms with Crippen LogP contribution in [0.15, 0.2) is 0 Å². The van der Waals surface area contributed by atoms with E-state index in [2.05, 4.69) is 27.7 Å². The van der Waals surface area contributed by atoms with Gasteiger partial charge in [-0.15, -0.1) is 0 Å². The highest BCUT2D eigenvalue weighted by atomic mass is 32.2. The highest BCUT2D eigenvalue weighted by Gasteiger charge is 2.29. The molecule has 0 saturated heterocycles. The van der Waals surface area contributed by atoms with Crippen molar-refractivity contribution in [1.82, 2.24) is 0 Å². The first kappa shape index (κ1) is 13.3. The van der Waals surface area contributed by atoms with Crippen LogP contribution in [0.25, 0.3) is 0 Å². The summed E-state index contributed by atoms with van der Waals surface area (Å²) in [6.07, 6.45) is 1.00. The monoisotopic (exact) mass is 205 g/mol. The van der Waals surface area contributed by atoms with E-state index < -0.39 is 0 Å². The number of aliphatic hydroxyl groups excluding tert-OH is 1. The molecule has 0 aliphatic heterocycles. The lowest BCUT2D eigenvalue weighted by Crippen LogP contribution is -2.41. The Morgan fingerprint density at radius 2 is 1.92 bits per heavy atom. The molecule has 0 saturated carbocycles. The van der Waals surface area contributed by atoms with Gasteiger partial charge in [-0.2, -0.15) is 11.8 Å².